The lowest BCUT2D eigenvalue weighted by Crippen LogP contribution is -3.15. The smallest absolute Gasteiger partial charge is 0.279 e. The predicted molar refractivity (Wildman–Crippen MR) is 88.8 cm³/mol. The molecule has 0 aliphatic heterocycles. The Balaban J connectivity index is 3.01. The van der Waals surface area contributed by atoms with E-state index in [4.69, 9.17) is 0 Å². The molecule has 25 heavy (non-hydrogen) atoms. The fourth-order valence-electron chi connectivity index (χ4n) is 2.70. The molecule has 7 heteroatoms. The van der Waals surface area contributed by atoms with Gasteiger partial charge in [-0.25, -0.2) is 0 Å². The maximum absolute atomic E-state index is 12.4. The SMILES string of the molecule is CC(C)c1cccc(C(C)C)c1NC(=O)C[NH+](CC(=O)[O-])CC(=O)[O-]. The highest BCUT2D eigenvalue weighted by Gasteiger charge is 2.19. The molecule has 2 N–H and O–H groups in total. The van der Waals surface area contributed by atoms with Crippen molar-refractivity contribution < 1.29 is 29.5 Å². The van der Waals surface area contributed by atoms with Crippen LogP contribution in [-0.4, -0.2) is 37.5 Å². The topological polar surface area (TPSA) is 114 Å². The zero-order valence-electron chi connectivity index (χ0n) is 15.0. The molecule has 0 aliphatic rings. The number of benzene rings is 1. The van der Waals surface area contributed by atoms with Gasteiger partial charge in [-0.3, -0.25) is 4.79 Å². The number of carboxylic acid groups (broad SMARTS) is 2. The van der Waals surface area contributed by atoms with Gasteiger partial charge in [0.1, 0.15) is 13.1 Å². The second-order valence-electron chi connectivity index (χ2n) is 6.69. The van der Waals surface area contributed by atoms with Crippen molar-refractivity contribution in [2.24, 2.45) is 0 Å². The van der Waals surface area contributed by atoms with Crippen molar-refractivity contribution in [3.8, 4) is 0 Å². The van der Waals surface area contributed by atoms with Gasteiger partial charge in [-0.2, -0.15) is 0 Å². The third-order valence-corrected chi connectivity index (χ3v) is 3.84. The molecule has 138 valence electrons. The Morgan fingerprint density at radius 3 is 1.72 bits per heavy atom. The van der Waals surface area contributed by atoms with Gasteiger partial charge in [0.2, 0.25) is 0 Å². The first-order valence-electron chi connectivity index (χ1n) is 8.27. The van der Waals surface area contributed by atoms with E-state index in [1.807, 2.05) is 45.9 Å². The number of hydrogen-bond donors (Lipinski definition) is 2. The average Bonchev–Trinajstić information content (AvgIpc) is 2.45. The molecule has 0 bridgehead atoms. The number of anilines is 1. The van der Waals surface area contributed by atoms with Crippen molar-refractivity contribution >= 4 is 23.5 Å². The number of nitrogens with one attached hydrogen (secondary N) is 2. The molecule has 0 aromatic heterocycles. The Morgan fingerprint density at radius 2 is 1.36 bits per heavy atom. The van der Waals surface area contributed by atoms with Crippen LogP contribution in [-0.2, 0) is 14.4 Å². The molecule has 0 fully saturated rings. The number of hydrogen-bond acceptors (Lipinski definition) is 5. The van der Waals surface area contributed by atoms with Gasteiger partial charge < -0.3 is 30.0 Å². The van der Waals surface area contributed by atoms with Crippen LogP contribution in [0.3, 0.4) is 0 Å². The van der Waals surface area contributed by atoms with E-state index in [1.54, 1.807) is 0 Å². The Labute approximate surface area is 147 Å². The number of carbonyl (C=O) groups is 3. The van der Waals surface area contributed by atoms with Crippen LogP contribution in [0.5, 0.6) is 0 Å². The number of para-hydroxylation sites is 1. The van der Waals surface area contributed by atoms with Crippen LogP contribution in [0.15, 0.2) is 18.2 Å². The molecule has 7 nitrogen and oxygen atoms in total. The predicted octanol–water partition coefficient (Wildman–Crippen LogP) is -1.74. The van der Waals surface area contributed by atoms with E-state index in [9.17, 15) is 24.6 Å². The molecule has 1 rings (SSSR count). The third kappa shape index (κ3) is 6.54. The largest absolute Gasteiger partial charge is 0.544 e. The van der Waals surface area contributed by atoms with Crippen molar-refractivity contribution in [2.45, 2.75) is 39.5 Å². The van der Waals surface area contributed by atoms with Gasteiger partial charge in [0.25, 0.3) is 5.91 Å². The highest BCUT2D eigenvalue weighted by atomic mass is 16.4. The molecule has 0 radical (unpaired) electrons. The molecule has 1 amide bonds. The van der Waals surface area contributed by atoms with Crippen LogP contribution >= 0.6 is 0 Å². The first kappa shape index (κ1) is 20.6. The van der Waals surface area contributed by atoms with E-state index < -0.39 is 30.9 Å². The molecule has 0 atom stereocenters. The van der Waals surface area contributed by atoms with Crippen LogP contribution in [0.25, 0.3) is 0 Å². The Morgan fingerprint density at radius 1 is 0.920 bits per heavy atom. The van der Waals surface area contributed by atoms with E-state index in [1.165, 1.54) is 0 Å². The summed E-state index contributed by atoms with van der Waals surface area (Å²) in [6, 6.07) is 5.79. The van der Waals surface area contributed by atoms with Gasteiger partial charge in [-0.1, -0.05) is 45.9 Å². The second kappa shape index (κ2) is 9.17. The van der Waals surface area contributed by atoms with Crippen molar-refractivity contribution in [3.05, 3.63) is 29.3 Å². The quantitative estimate of drug-likeness (QED) is 0.549. The van der Waals surface area contributed by atoms with E-state index in [2.05, 4.69) is 5.32 Å². The van der Waals surface area contributed by atoms with Crippen LogP contribution in [0.4, 0.5) is 5.69 Å². The van der Waals surface area contributed by atoms with Crippen LogP contribution in [0.2, 0.25) is 0 Å². The maximum Gasteiger partial charge on any atom is 0.279 e. The fraction of sp³-hybridized carbons (Fsp3) is 0.500. The monoisotopic (exact) mass is 349 g/mol. The lowest BCUT2D eigenvalue weighted by Gasteiger charge is -2.23. The van der Waals surface area contributed by atoms with E-state index in [-0.39, 0.29) is 23.3 Å². The van der Waals surface area contributed by atoms with Gasteiger partial charge in [0, 0.05) is 5.69 Å². The number of amides is 1. The van der Waals surface area contributed by atoms with Gasteiger partial charge >= 0.3 is 0 Å². The van der Waals surface area contributed by atoms with Gasteiger partial charge in [0.05, 0.1) is 11.9 Å². The van der Waals surface area contributed by atoms with Crippen molar-refractivity contribution in [2.75, 3.05) is 25.0 Å². The van der Waals surface area contributed by atoms with Crippen molar-refractivity contribution in [1.29, 1.82) is 0 Å². The minimum atomic E-state index is -1.42. The van der Waals surface area contributed by atoms with Crippen molar-refractivity contribution in [3.63, 3.8) is 0 Å². The normalized spacial score (nSPS) is 11.2. The molecule has 0 spiro atoms. The molecule has 0 unspecified atom stereocenters. The molecular weight excluding hydrogens is 324 g/mol. The summed E-state index contributed by atoms with van der Waals surface area (Å²) in [4.78, 5) is 33.9. The maximum atomic E-state index is 12.4. The first-order chi connectivity index (χ1) is 11.6. The average molecular weight is 349 g/mol. The highest BCUT2D eigenvalue weighted by molar-refractivity contribution is 5.93. The zero-order valence-corrected chi connectivity index (χ0v) is 15.0. The van der Waals surface area contributed by atoms with Gasteiger partial charge in [-0.05, 0) is 23.0 Å². The molecular formula is C18H25N2O5-. The van der Waals surface area contributed by atoms with Gasteiger partial charge in [-0.15, -0.1) is 0 Å². The third-order valence-electron chi connectivity index (χ3n) is 3.84. The number of quaternary nitrogens is 1. The highest BCUT2D eigenvalue weighted by Crippen LogP contribution is 2.32. The number of carboxylic acids is 2. The number of rotatable bonds is 9. The molecule has 0 aliphatic carbocycles. The summed E-state index contributed by atoms with van der Waals surface area (Å²) in [7, 11) is 0. The Kier molecular flexibility index (Phi) is 7.57. The van der Waals surface area contributed by atoms with Crippen molar-refractivity contribution in [1.82, 2.24) is 0 Å². The zero-order chi connectivity index (χ0) is 19.1. The number of carbonyl (C=O) groups excluding carboxylic acids is 3. The molecule has 1 aromatic carbocycles. The van der Waals surface area contributed by atoms with Crippen LogP contribution in [0.1, 0.15) is 50.7 Å². The van der Waals surface area contributed by atoms with Gasteiger partial charge in [0.15, 0.2) is 6.54 Å². The lowest BCUT2D eigenvalue weighted by atomic mass is 9.92. The summed E-state index contributed by atoms with van der Waals surface area (Å²) in [5.74, 6) is -2.93. The standard InChI is InChI=1S/C18H26N2O5/c1-11(2)13-6-5-7-14(12(3)4)18(13)19-15(21)8-20(9-16(22)23)10-17(24)25/h5-7,11-12H,8-10H2,1-4H3,(H,19,21)(H,22,23)(H,24,25)/p-1. The van der Waals surface area contributed by atoms with E-state index in [0.717, 1.165) is 11.1 Å². The molecule has 1 aromatic rings. The second-order valence-corrected chi connectivity index (χ2v) is 6.69. The summed E-state index contributed by atoms with van der Waals surface area (Å²) >= 11 is 0. The minimum absolute atomic E-state index is 0.0469. The summed E-state index contributed by atoms with van der Waals surface area (Å²) < 4.78 is 0. The summed E-state index contributed by atoms with van der Waals surface area (Å²) in [5.41, 5.74) is 2.65. The minimum Gasteiger partial charge on any atom is -0.544 e. The summed E-state index contributed by atoms with van der Waals surface area (Å²) in [6.45, 7) is 6.59. The first-order valence-corrected chi connectivity index (χ1v) is 8.27. The Bertz CT molecular complexity index is 598. The fourth-order valence-corrected chi connectivity index (χ4v) is 2.70. The summed E-state index contributed by atoms with van der Waals surface area (Å²) in [6.07, 6.45) is 0. The lowest BCUT2D eigenvalue weighted by molar-refractivity contribution is -0.880. The number of aliphatic carboxylic acids is 2. The Hall–Kier alpha value is -2.41. The van der Waals surface area contributed by atoms with Crippen LogP contribution in [0, 0.1) is 0 Å². The molecule has 0 saturated heterocycles. The molecule has 0 heterocycles. The van der Waals surface area contributed by atoms with E-state index in [0.29, 0.717) is 5.69 Å². The molecule has 0 saturated carbocycles. The summed E-state index contributed by atoms with van der Waals surface area (Å²) in [5, 5.41) is 24.3. The van der Waals surface area contributed by atoms with Crippen LogP contribution < -0.4 is 20.4 Å². The van der Waals surface area contributed by atoms with E-state index >= 15 is 0 Å².